The van der Waals surface area contributed by atoms with E-state index >= 15 is 0 Å². The lowest BCUT2D eigenvalue weighted by molar-refractivity contribution is -0.111. The topological polar surface area (TPSA) is 46.9 Å². The van der Waals surface area contributed by atoms with Gasteiger partial charge >= 0.3 is 0 Å². The first kappa shape index (κ1) is 17.3. The number of nitrogens with zero attached hydrogens (tertiary/aromatic N) is 2. The number of carbonyl (C=O) groups excluding carboxylic acids is 1. The average Bonchev–Trinajstić information content (AvgIpc) is 3.07. The van der Waals surface area contributed by atoms with Crippen molar-refractivity contribution >= 4 is 40.9 Å². The summed E-state index contributed by atoms with van der Waals surface area (Å²) >= 11 is 11.9. The molecule has 0 aliphatic heterocycles. The Morgan fingerprint density at radius 2 is 1.88 bits per heavy atom. The maximum Gasteiger partial charge on any atom is 0.248 e. The van der Waals surface area contributed by atoms with Gasteiger partial charge in [0.15, 0.2) is 0 Å². The minimum atomic E-state index is -0.232. The van der Waals surface area contributed by atoms with E-state index in [4.69, 9.17) is 23.2 Å². The number of anilines is 1. The number of nitrogens with one attached hydrogen (secondary N) is 1. The van der Waals surface area contributed by atoms with E-state index < -0.39 is 0 Å². The van der Waals surface area contributed by atoms with Crippen molar-refractivity contribution in [2.75, 3.05) is 5.32 Å². The summed E-state index contributed by atoms with van der Waals surface area (Å²) in [7, 11) is 0. The number of benzene rings is 2. The van der Waals surface area contributed by atoms with Crippen LogP contribution in [0.5, 0.6) is 0 Å². The Bertz CT molecular complexity index is 885. The summed E-state index contributed by atoms with van der Waals surface area (Å²) in [6, 6.07) is 14.6. The Morgan fingerprint density at radius 3 is 2.60 bits per heavy atom. The molecular weight excluding hydrogens is 357 g/mol. The standard InChI is InChI=1S/C19H15Cl2N3O/c20-16-10-14(11-17(21)12-16)6-7-19(25)23-18-5-2-1-4-15(18)13-24-9-3-8-22-24/h1-12H,13H2,(H,23,25)/b7-6+. The molecule has 3 aromatic rings. The van der Waals surface area contributed by atoms with Gasteiger partial charge in [-0.25, -0.2) is 0 Å². The summed E-state index contributed by atoms with van der Waals surface area (Å²) in [5.41, 5.74) is 2.48. The summed E-state index contributed by atoms with van der Waals surface area (Å²) in [5.74, 6) is -0.232. The highest BCUT2D eigenvalue weighted by Gasteiger charge is 2.05. The van der Waals surface area contributed by atoms with Gasteiger partial charge in [-0.05, 0) is 47.5 Å². The van der Waals surface area contributed by atoms with E-state index in [1.54, 1.807) is 35.2 Å². The molecule has 0 fully saturated rings. The molecule has 1 amide bonds. The van der Waals surface area contributed by atoms with Crippen molar-refractivity contribution in [2.45, 2.75) is 6.54 Å². The van der Waals surface area contributed by atoms with Gasteiger partial charge in [0.2, 0.25) is 5.91 Å². The summed E-state index contributed by atoms with van der Waals surface area (Å²) in [6.07, 6.45) is 6.72. The highest BCUT2D eigenvalue weighted by Crippen LogP contribution is 2.20. The smallest absolute Gasteiger partial charge is 0.248 e. The molecular formula is C19H15Cl2N3O. The average molecular weight is 372 g/mol. The molecule has 6 heteroatoms. The van der Waals surface area contributed by atoms with Gasteiger partial charge in [-0.3, -0.25) is 9.48 Å². The van der Waals surface area contributed by atoms with Gasteiger partial charge in [-0.15, -0.1) is 0 Å². The van der Waals surface area contributed by atoms with Crippen LogP contribution in [0.3, 0.4) is 0 Å². The van der Waals surface area contributed by atoms with Crippen molar-refractivity contribution in [3.63, 3.8) is 0 Å². The number of para-hydroxylation sites is 1. The maximum atomic E-state index is 12.2. The van der Waals surface area contributed by atoms with Gasteiger partial charge in [0, 0.05) is 34.2 Å². The zero-order valence-corrected chi connectivity index (χ0v) is 14.7. The van der Waals surface area contributed by atoms with Crippen LogP contribution in [-0.2, 0) is 11.3 Å². The summed E-state index contributed by atoms with van der Waals surface area (Å²) in [4.78, 5) is 12.2. The van der Waals surface area contributed by atoms with Crippen LogP contribution < -0.4 is 5.32 Å². The third kappa shape index (κ3) is 4.95. The predicted octanol–water partition coefficient (Wildman–Crippen LogP) is 4.89. The molecule has 0 aliphatic carbocycles. The van der Waals surface area contributed by atoms with Crippen LogP contribution in [0.25, 0.3) is 6.08 Å². The second-order valence-corrected chi connectivity index (χ2v) is 6.26. The van der Waals surface area contributed by atoms with E-state index in [-0.39, 0.29) is 5.91 Å². The van der Waals surface area contributed by atoms with Crippen LogP contribution >= 0.6 is 23.2 Å². The van der Waals surface area contributed by atoms with Crippen molar-refractivity contribution in [1.29, 1.82) is 0 Å². The lowest BCUT2D eigenvalue weighted by Crippen LogP contribution is -2.11. The Labute approximate surface area is 155 Å². The first-order chi connectivity index (χ1) is 12.1. The number of halogens is 2. The number of hydrogen-bond donors (Lipinski definition) is 1. The molecule has 3 rings (SSSR count). The molecule has 126 valence electrons. The summed E-state index contributed by atoms with van der Waals surface area (Å²) < 4.78 is 1.80. The van der Waals surface area contributed by atoms with Crippen LogP contribution in [0.2, 0.25) is 10.0 Å². The number of amides is 1. The molecule has 0 saturated carbocycles. The second kappa shape index (κ2) is 8.01. The molecule has 0 atom stereocenters. The van der Waals surface area contributed by atoms with Crippen LogP contribution in [-0.4, -0.2) is 15.7 Å². The zero-order valence-electron chi connectivity index (χ0n) is 13.2. The Morgan fingerprint density at radius 1 is 1.12 bits per heavy atom. The van der Waals surface area contributed by atoms with Crippen LogP contribution in [0, 0.1) is 0 Å². The van der Waals surface area contributed by atoms with Crippen molar-refractivity contribution in [2.24, 2.45) is 0 Å². The minimum Gasteiger partial charge on any atom is -0.322 e. The van der Waals surface area contributed by atoms with Gasteiger partial charge in [0.05, 0.1) is 6.54 Å². The van der Waals surface area contributed by atoms with Crippen LogP contribution in [0.1, 0.15) is 11.1 Å². The predicted molar refractivity (Wildman–Crippen MR) is 102 cm³/mol. The summed E-state index contributed by atoms with van der Waals surface area (Å²) in [6.45, 7) is 0.580. The van der Waals surface area contributed by atoms with Gasteiger partial charge in [0.1, 0.15) is 0 Å². The molecule has 0 bridgehead atoms. The number of carbonyl (C=O) groups is 1. The van der Waals surface area contributed by atoms with Gasteiger partial charge in [-0.1, -0.05) is 41.4 Å². The van der Waals surface area contributed by atoms with Gasteiger partial charge in [-0.2, -0.15) is 5.10 Å². The van der Waals surface area contributed by atoms with Crippen molar-refractivity contribution in [3.05, 3.63) is 88.2 Å². The molecule has 0 aliphatic rings. The highest BCUT2D eigenvalue weighted by molar-refractivity contribution is 6.34. The largest absolute Gasteiger partial charge is 0.322 e. The number of rotatable bonds is 5. The molecule has 2 aromatic carbocycles. The van der Waals surface area contributed by atoms with Gasteiger partial charge < -0.3 is 5.32 Å². The summed E-state index contributed by atoms with van der Waals surface area (Å²) in [5, 5.41) is 8.13. The molecule has 0 radical (unpaired) electrons. The van der Waals surface area contributed by atoms with E-state index in [0.29, 0.717) is 16.6 Å². The molecule has 0 spiro atoms. The van der Waals surface area contributed by atoms with E-state index in [0.717, 1.165) is 16.8 Å². The SMILES string of the molecule is O=C(/C=C/c1cc(Cl)cc(Cl)c1)Nc1ccccc1Cn1cccn1. The molecule has 1 aromatic heterocycles. The fraction of sp³-hybridized carbons (Fsp3) is 0.0526. The third-order valence-electron chi connectivity index (χ3n) is 3.48. The molecule has 0 unspecified atom stereocenters. The van der Waals surface area contributed by atoms with Crippen molar-refractivity contribution < 1.29 is 4.79 Å². The molecule has 4 nitrogen and oxygen atoms in total. The first-order valence-corrected chi connectivity index (χ1v) is 8.36. The Kier molecular flexibility index (Phi) is 5.53. The fourth-order valence-corrected chi connectivity index (χ4v) is 2.91. The second-order valence-electron chi connectivity index (χ2n) is 5.39. The number of aromatic nitrogens is 2. The van der Waals surface area contributed by atoms with E-state index in [9.17, 15) is 4.79 Å². The number of hydrogen-bond acceptors (Lipinski definition) is 2. The first-order valence-electron chi connectivity index (χ1n) is 7.61. The van der Waals surface area contributed by atoms with E-state index in [1.807, 2.05) is 36.5 Å². The quantitative estimate of drug-likeness (QED) is 0.649. The lowest BCUT2D eigenvalue weighted by Gasteiger charge is -2.10. The van der Waals surface area contributed by atoms with E-state index in [1.165, 1.54) is 6.08 Å². The van der Waals surface area contributed by atoms with Crippen LogP contribution in [0.15, 0.2) is 67.0 Å². The Hall–Kier alpha value is -2.56. The molecule has 1 heterocycles. The monoisotopic (exact) mass is 371 g/mol. The van der Waals surface area contributed by atoms with Crippen LogP contribution in [0.4, 0.5) is 5.69 Å². The van der Waals surface area contributed by atoms with Crippen molar-refractivity contribution in [1.82, 2.24) is 9.78 Å². The van der Waals surface area contributed by atoms with E-state index in [2.05, 4.69) is 10.4 Å². The Balaban J connectivity index is 1.71. The highest BCUT2D eigenvalue weighted by atomic mass is 35.5. The zero-order chi connectivity index (χ0) is 17.6. The third-order valence-corrected chi connectivity index (χ3v) is 3.92. The maximum absolute atomic E-state index is 12.2. The molecule has 0 saturated heterocycles. The lowest BCUT2D eigenvalue weighted by atomic mass is 10.1. The normalized spacial score (nSPS) is 11.0. The minimum absolute atomic E-state index is 0.232. The molecule has 1 N–H and O–H groups in total. The fourth-order valence-electron chi connectivity index (χ4n) is 2.37. The molecule has 25 heavy (non-hydrogen) atoms. The van der Waals surface area contributed by atoms with Gasteiger partial charge in [0.25, 0.3) is 0 Å². The van der Waals surface area contributed by atoms with Crippen molar-refractivity contribution in [3.8, 4) is 0 Å².